The molecular weight excluding hydrogens is 194 g/mol. The molecule has 0 spiro atoms. The topological polar surface area (TPSA) is 70.3 Å². The monoisotopic (exact) mass is 211 g/mol. The Labute approximate surface area is 89.6 Å². The average Bonchev–Trinajstić information content (AvgIpc) is 2.18. The van der Waals surface area contributed by atoms with Gasteiger partial charge in [0.1, 0.15) is 11.6 Å². The van der Waals surface area contributed by atoms with Crippen LogP contribution in [0, 0.1) is 0 Å². The number of hydrogen-bond donors (Lipinski definition) is 1. The Hall–Kier alpha value is -1.20. The van der Waals surface area contributed by atoms with E-state index >= 15 is 0 Å². The van der Waals surface area contributed by atoms with Crippen molar-refractivity contribution in [1.29, 1.82) is 0 Å². The van der Waals surface area contributed by atoms with Crippen molar-refractivity contribution in [1.82, 2.24) is 9.97 Å². The van der Waals surface area contributed by atoms with E-state index in [1.54, 1.807) is 20.3 Å². The van der Waals surface area contributed by atoms with Crippen LogP contribution in [0.15, 0.2) is 6.07 Å². The van der Waals surface area contributed by atoms with Gasteiger partial charge in [-0.3, -0.25) is 0 Å². The number of ether oxygens (including phenoxy) is 2. The number of methoxy groups -OCH3 is 2. The van der Waals surface area contributed by atoms with Gasteiger partial charge in [0.2, 0.25) is 0 Å². The predicted molar refractivity (Wildman–Crippen MR) is 57.4 cm³/mol. The second-order valence-electron chi connectivity index (χ2n) is 3.23. The summed E-state index contributed by atoms with van der Waals surface area (Å²) in [5, 5.41) is 0. The molecule has 1 rings (SSSR count). The van der Waals surface area contributed by atoms with Gasteiger partial charge in [0.05, 0.1) is 12.3 Å². The minimum atomic E-state index is 0.462. The van der Waals surface area contributed by atoms with Gasteiger partial charge in [-0.1, -0.05) is 0 Å². The molecule has 5 heteroatoms. The molecule has 0 saturated heterocycles. The minimum absolute atomic E-state index is 0.462. The van der Waals surface area contributed by atoms with Gasteiger partial charge in [-0.05, 0) is 6.42 Å². The Morgan fingerprint density at radius 1 is 1.27 bits per heavy atom. The van der Waals surface area contributed by atoms with E-state index in [0.717, 1.165) is 24.4 Å². The van der Waals surface area contributed by atoms with Crippen LogP contribution in [0.4, 0.5) is 5.82 Å². The van der Waals surface area contributed by atoms with Crippen LogP contribution in [0.25, 0.3) is 0 Å². The van der Waals surface area contributed by atoms with Gasteiger partial charge < -0.3 is 15.2 Å². The van der Waals surface area contributed by atoms with Gasteiger partial charge >= 0.3 is 0 Å². The third-order valence-electron chi connectivity index (χ3n) is 1.89. The maximum Gasteiger partial charge on any atom is 0.131 e. The Balaban J connectivity index is 2.62. The predicted octanol–water partition coefficient (Wildman–Crippen LogP) is 0.784. The van der Waals surface area contributed by atoms with Crippen LogP contribution in [-0.4, -0.2) is 30.8 Å². The number of nitrogens with zero attached hydrogens (tertiary/aromatic N) is 2. The lowest BCUT2D eigenvalue weighted by Gasteiger charge is -2.04. The van der Waals surface area contributed by atoms with E-state index in [4.69, 9.17) is 15.2 Å². The summed E-state index contributed by atoms with van der Waals surface area (Å²) in [4.78, 5) is 8.47. The molecule has 0 aromatic carbocycles. The summed E-state index contributed by atoms with van der Waals surface area (Å²) < 4.78 is 9.95. The normalized spacial score (nSPS) is 10.5. The van der Waals surface area contributed by atoms with Crippen molar-refractivity contribution in [2.45, 2.75) is 19.4 Å². The smallest absolute Gasteiger partial charge is 0.131 e. The highest BCUT2D eigenvalue weighted by Crippen LogP contribution is 2.06. The summed E-state index contributed by atoms with van der Waals surface area (Å²) in [7, 11) is 3.31. The molecule has 0 saturated carbocycles. The van der Waals surface area contributed by atoms with Crippen LogP contribution < -0.4 is 5.73 Å². The maximum absolute atomic E-state index is 5.66. The average molecular weight is 211 g/mol. The van der Waals surface area contributed by atoms with Gasteiger partial charge in [-0.25, -0.2) is 9.97 Å². The van der Waals surface area contributed by atoms with E-state index in [2.05, 4.69) is 9.97 Å². The molecule has 0 aliphatic rings. The Kier molecular flexibility index (Phi) is 5.00. The van der Waals surface area contributed by atoms with E-state index < -0.39 is 0 Å². The number of aromatic nitrogens is 2. The molecule has 0 atom stereocenters. The van der Waals surface area contributed by atoms with Gasteiger partial charge in [0, 0.05) is 33.3 Å². The summed E-state index contributed by atoms with van der Waals surface area (Å²) in [6.07, 6.45) is 1.67. The summed E-state index contributed by atoms with van der Waals surface area (Å²) in [6.45, 7) is 1.17. The zero-order valence-corrected chi connectivity index (χ0v) is 9.19. The lowest BCUT2D eigenvalue weighted by molar-refractivity contribution is 0.181. The summed E-state index contributed by atoms with van der Waals surface area (Å²) >= 11 is 0. The van der Waals surface area contributed by atoms with E-state index in [-0.39, 0.29) is 0 Å². The molecule has 0 aliphatic carbocycles. The highest BCUT2D eigenvalue weighted by molar-refractivity contribution is 5.29. The molecule has 1 aromatic heterocycles. The zero-order valence-electron chi connectivity index (χ0n) is 9.19. The molecular formula is C10H17N3O2. The first-order valence-corrected chi connectivity index (χ1v) is 4.86. The first kappa shape index (κ1) is 11.9. The molecule has 0 unspecified atom stereocenters. The van der Waals surface area contributed by atoms with Crippen molar-refractivity contribution < 1.29 is 9.47 Å². The van der Waals surface area contributed by atoms with Crippen molar-refractivity contribution in [3.63, 3.8) is 0 Å². The van der Waals surface area contributed by atoms with E-state index in [0.29, 0.717) is 19.0 Å². The summed E-state index contributed by atoms with van der Waals surface area (Å²) in [5.74, 6) is 1.24. The molecule has 2 N–H and O–H groups in total. The second-order valence-corrected chi connectivity index (χ2v) is 3.23. The van der Waals surface area contributed by atoms with E-state index in [1.165, 1.54) is 0 Å². The molecule has 1 aromatic rings. The standard InChI is InChI=1S/C10H17N3O2/c1-14-5-3-4-10-12-8(7-15-2)6-9(11)13-10/h6H,3-5,7H2,1-2H3,(H2,11,12,13). The van der Waals surface area contributed by atoms with Gasteiger partial charge in [0.15, 0.2) is 0 Å². The van der Waals surface area contributed by atoms with Crippen molar-refractivity contribution in [2.75, 3.05) is 26.6 Å². The Morgan fingerprint density at radius 2 is 2.07 bits per heavy atom. The molecule has 15 heavy (non-hydrogen) atoms. The number of aryl methyl sites for hydroxylation is 1. The largest absolute Gasteiger partial charge is 0.385 e. The fraction of sp³-hybridized carbons (Fsp3) is 0.600. The molecule has 0 bridgehead atoms. The van der Waals surface area contributed by atoms with Crippen molar-refractivity contribution >= 4 is 5.82 Å². The Bertz CT molecular complexity index is 305. The molecule has 0 fully saturated rings. The fourth-order valence-corrected chi connectivity index (χ4v) is 1.28. The molecule has 84 valence electrons. The molecule has 0 radical (unpaired) electrons. The lowest BCUT2D eigenvalue weighted by atomic mass is 10.3. The second kappa shape index (κ2) is 6.31. The minimum Gasteiger partial charge on any atom is -0.385 e. The van der Waals surface area contributed by atoms with E-state index in [1.807, 2.05) is 0 Å². The third kappa shape index (κ3) is 4.22. The number of rotatable bonds is 6. The highest BCUT2D eigenvalue weighted by atomic mass is 16.5. The number of nitrogen functional groups attached to an aromatic ring is 1. The summed E-state index contributed by atoms with van der Waals surface area (Å²) in [6, 6.07) is 1.73. The van der Waals surface area contributed by atoms with Crippen LogP contribution in [0.1, 0.15) is 17.9 Å². The van der Waals surface area contributed by atoms with Crippen LogP contribution in [0.2, 0.25) is 0 Å². The van der Waals surface area contributed by atoms with Gasteiger partial charge in [-0.2, -0.15) is 0 Å². The highest BCUT2D eigenvalue weighted by Gasteiger charge is 2.02. The number of hydrogen-bond acceptors (Lipinski definition) is 5. The number of anilines is 1. The van der Waals surface area contributed by atoms with Crippen molar-refractivity contribution in [2.24, 2.45) is 0 Å². The first-order chi connectivity index (χ1) is 7.26. The zero-order chi connectivity index (χ0) is 11.1. The van der Waals surface area contributed by atoms with Crippen molar-refractivity contribution in [3.05, 3.63) is 17.6 Å². The summed E-state index contributed by atoms with van der Waals surface area (Å²) in [5.41, 5.74) is 6.47. The lowest BCUT2D eigenvalue weighted by Crippen LogP contribution is -2.05. The SMILES string of the molecule is COCCCc1nc(N)cc(COC)n1. The van der Waals surface area contributed by atoms with Crippen LogP contribution >= 0.6 is 0 Å². The van der Waals surface area contributed by atoms with Crippen LogP contribution in [0.3, 0.4) is 0 Å². The van der Waals surface area contributed by atoms with Crippen molar-refractivity contribution in [3.8, 4) is 0 Å². The van der Waals surface area contributed by atoms with Gasteiger partial charge in [-0.15, -0.1) is 0 Å². The third-order valence-corrected chi connectivity index (χ3v) is 1.89. The van der Waals surface area contributed by atoms with Gasteiger partial charge in [0.25, 0.3) is 0 Å². The molecule has 0 aliphatic heterocycles. The molecule has 5 nitrogen and oxygen atoms in total. The number of nitrogens with two attached hydrogens (primary N) is 1. The van der Waals surface area contributed by atoms with Crippen LogP contribution in [0.5, 0.6) is 0 Å². The Morgan fingerprint density at radius 3 is 2.73 bits per heavy atom. The van der Waals surface area contributed by atoms with Crippen LogP contribution in [-0.2, 0) is 22.5 Å². The molecule has 0 amide bonds. The van der Waals surface area contributed by atoms with E-state index in [9.17, 15) is 0 Å². The quantitative estimate of drug-likeness (QED) is 0.704. The fourth-order valence-electron chi connectivity index (χ4n) is 1.28. The molecule has 1 heterocycles. The first-order valence-electron chi connectivity index (χ1n) is 4.86. The maximum atomic E-state index is 5.66.